The van der Waals surface area contributed by atoms with Gasteiger partial charge in [-0.1, -0.05) is 0 Å². The Kier molecular flexibility index (Phi) is 4.48. The van der Waals surface area contributed by atoms with Gasteiger partial charge in [-0.25, -0.2) is 0 Å². The first-order valence-corrected chi connectivity index (χ1v) is 7.47. The molecule has 0 bridgehead atoms. The number of rotatable bonds is 4. The van der Waals surface area contributed by atoms with Gasteiger partial charge in [0.15, 0.2) is 0 Å². The molecule has 17 heavy (non-hydrogen) atoms. The molecule has 2 rings (SSSR count). The zero-order valence-electron chi connectivity index (χ0n) is 10.7. The lowest BCUT2D eigenvalue weighted by Crippen LogP contribution is -2.39. The molecule has 0 radical (unpaired) electrons. The van der Waals surface area contributed by atoms with Gasteiger partial charge < -0.3 is 10.6 Å². The number of nitrogens with two attached hydrogens (primary N) is 1. The maximum absolute atomic E-state index is 6.21. The number of piperidine rings is 1. The van der Waals surface area contributed by atoms with E-state index in [9.17, 15) is 0 Å². The highest BCUT2D eigenvalue weighted by Gasteiger charge is 2.20. The lowest BCUT2D eigenvalue weighted by atomic mass is 10.1. The van der Waals surface area contributed by atoms with Crippen LogP contribution in [0.4, 0.5) is 0 Å². The molecule has 1 aliphatic rings. The van der Waals surface area contributed by atoms with E-state index in [1.165, 1.54) is 25.9 Å². The molecule has 0 spiro atoms. The first-order chi connectivity index (χ1) is 8.19. The molecule has 1 aromatic heterocycles. The largest absolute Gasteiger partial charge is 0.323 e. The van der Waals surface area contributed by atoms with E-state index in [0.717, 1.165) is 17.4 Å². The van der Waals surface area contributed by atoms with Crippen LogP contribution in [0.5, 0.6) is 0 Å². The molecule has 1 atom stereocenters. The van der Waals surface area contributed by atoms with E-state index >= 15 is 0 Å². The summed E-state index contributed by atoms with van der Waals surface area (Å²) in [6, 6.07) is 0.0922. The highest BCUT2D eigenvalue weighted by molar-refractivity contribution is 7.99. The van der Waals surface area contributed by atoms with Crippen molar-refractivity contribution in [2.45, 2.75) is 24.1 Å². The predicted octanol–water partition coefficient (Wildman–Crippen LogP) is 1.25. The average molecular weight is 254 g/mol. The SMILES string of the molecule is CSC1CCN(CC(N)c2cnn(C)c2)CC1. The molecule has 1 unspecified atom stereocenters. The third kappa shape index (κ3) is 3.47. The van der Waals surface area contributed by atoms with Crippen molar-refractivity contribution in [2.75, 3.05) is 25.9 Å². The zero-order valence-corrected chi connectivity index (χ0v) is 11.5. The van der Waals surface area contributed by atoms with Crippen LogP contribution >= 0.6 is 11.8 Å². The van der Waals surface area contributed by atoms with Crippen LogP contribution in [0.2, 0.25) is 0 Å². The van der Waals surface area contributed by atoms with Crippen molar-refractivity contribution in [3.63, 3.8) is 0 Å². The normalized spacial score (nSPS) is 20.6. The van der Waals surface area contributed by atoms with Crippen molar-refractivity contribution in [3.8, 4) is 0 Å². The van der Waals surface area contributed by atoms with Gasteiger partial charge in [0.2, 0.25) is 0 Å². The molecule has 1 fully saturated rings. The summed E-state index contributed by atoms with van der Waals surface area (Å²) in [5.74, 6) is 0. The Bertz CT molecular complexity index is 344. The fourth-order valence-electron chi connectivity index (χ4n) is 2.34. The molecule has 4 nitrogen and oxygen atoms in total. The molecule has 2 N–H and O–H groups in total. The summed E-state index contributed by atoms with van der Waals surface area (Å²) in [5, 5.41) is 5.02. The highest BCUT2D eigenvalue weighted by atomic mass is 32.2. The van der Waals surface area contributed by atoms with Gasteiger partial charge in [-0.15, -0.1) is 0 Å². The third-order valence-electron chi connectivity index (χ3n) is 3.48. The molecule has 0 aliphatic carbocycles. The molecule has 0 saturated carbocycles. The Morgan fingerprint density at radius 3 is 2.76 bits per heavy atom. The molecule has 0 amide bonds. The molecule has 1 aliphatic heterocycles. The molecule has 0 aromatic carbocycles. The van der Waals surface area contributed by atoms with Crippen LogP contribution in [0, 0.1) is 0 Å². The molecule has 5 heteroatoms. The minimum atomic E-state index is 0.0922. The number of hydrogen-bond donors (Lipinski definition) is 1. The average Bonchev–Trinajstić information content (AvgIpc) is 2.77. The minimum absolute atomic E-state index is 0.0922. The first-order valence-electron chi connectivity index (χ1n) is 6.18. The van der Waals surface area contributed by atoms with E-state index < -0.39 is 0 Å². The second-order valence-corrected chi connectivity index (χ2v) is 5.93. The number of aryl methyl sites for hydroxylation is 1. The van der Waals surface area contributed by atoms with Gasteiger partial charge in [-0.05, 0) is 32.2 Å². The summed E-state index contributed by atoms with van der Waals surface area (Å²) in [6.07, 6.45) is 8.68. The monoisotopic (exact) mass is 254 g/mol. The van der Waals surface area contributed by atoms with Crippen LogP contribution in [0.25, 0.3) is 0 Å². The molecular formula is C12H22N4S. The Morgan fingerprint density at radius 2 is 2.24 bits per heavy atom. The second kappa shape index (κ2) is 5.89. The van der Waals surface area contributed by atoms with Crippen LogP contribution in [-0.2, 0) is 7.05 Å². The Morgan fingerprint density at radius 1 is 1.53 bits per heavy atom. The number of thioether (sulfide) groups is 1. The van der Waals surface area contributed by atoms with Crippen molar-refractivity contribution in [1.29, 1.82) is 0 Å². The van der Waals surface area contributed by atoms with Gasteiger partial charge in [0.25, 0.3) is 0 Å². The van der Waals surface area contributed by atoms with Crippen LogP contribution in [0.1, 0.15) is 24.4 Å². The van der Waals surface area contributed by atoms with Crippen molar-refractivity contribution in [2.24, 2.45) is 12.8 Å². The van der Waals surface area contributed by atoms with Gasteiger partial charge in [0.1, 0.15) is 0 Å². The van der Waals surface area contributed by atoms with Gasteiger partial charge in [0, 0.05) is 36.6 Å². The molecule has 1 aromatic rings. The van der Waals surface area contributed by atoms with Gasteiger partial charge in [-0.2, -0.15) is 16.9 Å². The lowest BCUT2D eigenvalue weighted by Gasteiger charge is -2.32. The highest BCUT2D eigenvalue weighted by Crippen LogP contribution is 2.22. The quantitative estimate of drug-likeness (QED) is 0.878. The van der Waals surface area contributed by atoms with E-state index in [2.05, 4.69) is 16.3 Å². The second-order valence-electron chi connectivity index (χ2n) is 4.79. The number of nitrogens with zero attached hydrogens (tertiary/aromatic N) is 3. The summed E-state index contributed by atoms with van der Waals surface area (Å²) in [7, 11) is 1.93. The maximum Gasteiger partial charge on any atom is 0.0537 e. The van der Waals surface area contributed by atoms with Crippen molar-refractivity contribution < 1.29 is 0 Å². The van der Waals surface area contributed by atoms with Gasteiger partial charge >= 0.3 is 0 Å². The minimum Gasteiger partial charge on any atom is -0.323 e. The zero-order chi connectivity index (χ0) is 12.3. The van der Waals surface area contributed by atoms with E-state index in [-0.39, 0.29) is 6.04 Å². The van der Waals surface area contributed by atoms with E-state index in [4.69, 9.17) is 5.73 Å². The van der Waals surface area contributed by atoms with Crippen molar-refractivity contribution >= 4 is 11.8 Å². The lowest BCUT2D eigenvalue weighted by molar-refractivity contribution is 0.220. The Labute approximate surface area is 108 Å². The number of hydrogen-bond acceptors (Lipinski definition) is 4. The van der Waals surface area contributed by atoms with Crippen LogP contribution in [0.15, 0.2) is 12.4 Å². The Balaban J connectivity index is 1.81. The van der Waals surface area contributed by atoms with Crippen LogP contribution in [-0.4, -0.2) is 45.8 Å². The summed E-state index contributed by atoms with van der Waals surface area (Å²) < 4.78 is 1.81. The summed E-state index contributed by atoms with van der Waals surface area (Å²) in [6.45, 7) is 3.31. The summed E-state index contributed by atoms with van der Waals surface area (Å²) in [4.78, 5) is 2.48. The topological polar surface area (TPSA) is 47.1 Å². The number of likely N-dealkylation sites (tertiary alicyclic amines) is 1. The van der Waals surface area contributed by atoms with Gasteiger partial charge in [-0.3, -0.25) is 4.68 Å². The fraction of sp³-hybridized carbons (Fsp3) is 0.750. The van der Waals surface area contributed by atoms with Crippen LogP contribution in [0.3, 0.4) is 0 Å². The van der Waals surface area contributed by atoms with E-state index in [1.54, 1.807) is 0 Å². The smallest absolute Gasteiger partial charge is 0.0537 e. The van der Waals surface area contributed by atoms with Crippen LogP contribution < -0.4 is 5.73 Å². The van der Waals surface area contributed by atoms with Crippen molar-refractivity contribution in [1.82, 2.24) is 14.7 Å². The van der Waals surface area contributed by atoms with E-state index in [1.807, 2.05) is 35.9 Å². The standard InChI is InChI=1S/C12H22N4S/c1-15-8-10(7-14-15)12(13)9-16-5-3-11(17-2)4-6-16/h7-8,11-12H,3-6,9,13H2,1-2H3. The first kappa shape index (κ1) is 12.9. The molecule has 96 valence electrons. The molecular weight excluding hydrogens is 232 g/mol. The summed E-state index contributed by atoms with van der Waals surface area (Å²) >= 11 is 2.00. The molecule has 2 heterocycles. The summed E-state index contributed by atoms with van der Waals surface area (Å²) in [5.41, 5.74) is 7.34. The third-order valence-corrected chi connectivity index (χ3v) is 4.61. The fourth-order valence-corrected chi connectivity index (χ4v) is 3.02. The van der Waals surface area contributed by atoms with Gasteiger partial charge in [0.05, 0.1) is 6.20 Å². The maximum atomic E-state index is 6.21. The predicted molar refractivity (Wildman–Crippen MR) is 73.1 cm³/mol. The van der Waals surface area contributed by atoms with Crippen molar-refractivity contribution in [3.05, 3.63) is 18.0 Å². The van der Waals surface area contributed by atoms with E-state index in [0.29, 0.717) is 0 Å². The number of aromatic nitrogens is 2. The Hall–Kier alpha value is -0.520. The molecule has 1 saturated heterocycles.